The molecule has 0 N–H and O–H groups in total. The normalized spacial score (nSPS) is 12.4. The Labute approximate surface area is 87.1 Å². The fraction of sp³-hybridized carbons (Fsp3) is 0.333. The first-order valence-electron chi connectivity index (χ1n) is 5.15. The van der Waals surface area contributed by atoms with Crippen LogP contribution in [0.5, 0.6) is 0 Å². The first-order chi connectivity index (χ1) is 6.75. The molecule has 1 aromatic rings. The highest BCUT2D eigenvalue weighted by molar-refractivity contribution is 6.79. The first-order valence-corrected chi connectivity index (χ1v) is 7.12. The van der Waals surface area contributed by atoms with E-state index in [1.54, 1.807) is 0 Å². The third-order valence-corrected chi connectivity index (χ3v) is 5.36. The van der Waals surface area contributed by atoms with Crippen molar-refractivity contribution in [2.24, 2.45) is 0 Å². The maximum absolute atomic E-state index is 13.2. The molecule has 0 saturated carbocycles. The second-order valence-corrected chi connectivity index (χ2v) is 6.53. The molecule has 1 aromatic carbocycles. The highest BCUT2D eigenvalue weighted by atomic mass is 28.3. The summed E-state index contributed by atoms with van der Waals surface area (Å²) in [7, 11) is -1.54. The molecular weight excluding hydrogens is 191 g/mol. The van der Waals surface area contributed by atoms with Crippen LogP contribution in [0.3, 0.4) is 0 Å². The van der Waals surface area contributed by atoms with E-state index in [-0.39, 0.29) is 5.45 Å². The Morgan fingerprint density at radius 1 is 1.36 bits per heavy atom. The Kier molecular flexibility index (Phi) is 4.60. The van der Waals surface area contributed by atoms with E-state index in [4.69, 9.17) is 0 Å². The number of benzene rings is 1. The van der Waals surface area contributed by atoms with Crippen molar-refractivity contribution in [2.45, 2.75) is 25.8 Å². The molecule has 1 atom stereocenters. The van der Waals surface area contributed by atoms with E-state index in [1.807, 2.05) is 30.3 Å². The van der Waals surface area contributed by atoms with Crippen LogP contribution in [0.15, 0.2) is 42.4 Å². The van der Waals surface area contributed by atoms with Gasteiger partial charge in [0.1, 0.15) is 8.80 Å². The molecule has 1 rings (SSSR count). The van der Waals surface area contributed by atoms with E-state index < -0.39 is 8.80 Å². The molecule has 14 heavy (non-hydrogen) atoms. The van der Waals surface area contributed by atoms with Crippen LogP contribution in [0.1, 0.15) is 19.8 Å². The van der Waals surface area contributed by atoms with Gasteiger partial charge in [-0.05, 0) is 0 Å². The molecule has 76 valence electrons. The Hall–Kier alpha value is -0.893. The monoisotopic (exact) mass is 208 g/mol. The van der Waals surface area contributed by atoms with E-state index in [0.717, 1.165) is 18.9 Å². The van der Waals surface area contributed by atoms with Crippen LogP contribution >= 0.6 is 0 Å². The third-order valence-electron chi connectivity index (χ3n) is 2.43. The summed E-state index contributed by atoms with van der Waals surface area (Å²) in [5.41, 5.74) is -0.0790. The highest BCUT2D eigenvalue weighted by Crippen LogP contribution is 2.09. The van der Waals surface area contributed by atoms with Crippen LogP contribution in [0.4, 0.5) is 4.39 Å². The quantitative estimate of drug-likeness (QED) is 0.653. The van der Waals surface area contributed by atoms with Gasteiger partial charge in [0.15, 0.2) is 0 Å². The molecule has 0 aliphatic rings. The van der Waals surface area contributed by atoms with Crippen molar-refractivity contribution in [3.8, 4) is 0 Å². The molecule has 0 spiro atoms. The van der Waals surface area contributed by atoms with Gasteiger partial charge in [0.2, 0.25) is 0 Å². The van der Waals surface area contributed by atoms with Gasteiger partial charge in [0.05, 0.1) is 5.45 Å². The standard InChI is InChI=1S/C12H17FSi/c1-3-4-10-14(11(2)13)12-8-6-5-7-9-12/h5-9,14H,2-4,10H2,1H3. The second-order valence-electron chi connectivity index (χ2n) is 3.55. The van der Waals surface area contributed by atoms with E-state index in [0.29, 0.717) is 0 Å². The maximum Gasteiger partial charge on any atom is 0.138 e. The lowest BCUT2D eigenvalue weighted by atomic mass is 10.4. The summed E-state index contributed by atoms with van der Waals surface area (Å²) < 4.78 is 13.2. The van der Waals surface area contributed by atoms with E-state index >= 15 is 0 Å². The van der Waals surface area contributed by atoms with Gasteiger partial charge in [-0.3, -0.25) is 0 Å². The molecule has 0 bridgehead atoms. The first kappa shape index (κ1) is 11.2. The largest absolute Gasteiger partial charge is 0.218 e. The lowest BCUT2D eigenvalue weighted by Gasteiger charge is -2.12. The zero-order valence-corrected chi connectivity index (χ0v) is 9.83. The fourth-order valence-electron chi connectivity index (χ4n) is 1.60. The van der Waals surface area contributed by atoms with Crippen LogP contribution in [-0.4, -0.2) is 8.80 Å². The SMILES string of the molecule is C=C(F)[SiH](CCCC)c1ccccc1. The van der Waals surface area contributed by atoms with Crippen LogP contribution in [0, 0.1) is 0 Å². The molecule has 2 heteroatoms. The lowest BCUT2D eigenvalue weighted by molar-refractivity contribution is 0.688. The smallest absolute Gasteiger partial charge is 0.138 e. The summed E-state index contributed by atoms with van der Waals surface area (Å²) in [5.74, 6) is 0. The van der Waals surface area contributed by atoms with Gasteiger partial charge >= 0.3 is 0 Å². The summed E-state index contributed by atoms with van der Waals surface area (Å²) >= 11 is 0. The Balaban J connectivity index is 2.73. The molecule has 0 aromatic heterocycles. The summed E-state index contributed by atoms with van der Waals surface area (Å²) in [5, 5.41) is 1.17. The molecule has 0 nitrogen and oxygen atoms in total. The number of hydrogen-bond acceptors (Lipinski definition) is 0. The zero-order valence-electron chi connectivity index (χ0n) is 8.67. The minimum absolute atomic E-state index is 0.0790. The molecule has 0 fully saturated rings. The number of rotatable bonds is 5. The summed E-state index contributed by atoms with van der Waals surface area (Å²) in [6, 6.07) is 11.0. The minimum Gasteiger partial charge on any atom is -0.218 e. The Bertz CT molecular complexity index is 282. The van der Waals surface area contributed by atoms with Gasteiger partial charge < -0.3 is 0 Å². The third kappa shape index (κ3) is 3.11. The van der Waals surface area contributed by atoms with Crippen molar-refractivity contribution >= 4 is 14.0 Å². The number of halogens is 1. The van der Waals surface area contributed by atoms with Crippen molar-refractivity contribution in [1.29, 1.82) is 0 Å². The van der Waals surface area contributed by atoms with Gasteiger partial charge in [-0.1, -0.05) is 67.9 Å². The lowest BCUT2D eigenvalue weighted by Crippen LogP contribution is -2.30. The predicted molar refractivity (Wildman–Crippen MR) is 63.2 cm³/mol. The molecule has 0 radical (unpaired) electrons. The fourth-order valence-corrected chi connectivity index (χ4v) is 4.11. The summed E-state index contributed by atoms with van der Waals surface area (Å²) in [6.45, 7) is 5.62. The van der Waals surface area contributed by atoms with Crippen LogP contribution in [0.2, 0.25) is 6.04 Å². The average Bonchev–Trinajstić information content (AvgIpc) is 2.19. The van der Waals surface area contributed by atoms with Crippen molar-refractivity contribution in [1.82, 2.24) is 0 Å². The van der Waals surface area contributed by atoms with E-state index in [1.165, 1.54) is 5.19 Å². The molecule has 0 heterocycles. The average molecular weight is 208 g/mol. The van der Waals surface area contributed by atoms with Gasteiger partial charge in [-0.15, -0.1) is 0 Å². The highest BCUT2D eigenvalue weighted by Gasteiger charge is 2.16. The maximum atomic E-state index is 13.2. The molecule has 1 unspecified atom stereocenters. The second kappa shape index (κ2) is 5.76. The van der Waals surface area contributed by atoms with Gasteiger partial charge in [0, 0.05) is 0 Å². The van der Waals surface area contributed by atoms with Gasteiger partial charge in [0.25, 0.3) is 0 Å². The Morgan fingerprint density at radius 2 is 2.00 bits per heavy atom. The van der Waals surface area contributed by atoms with Crippen molar-refractivity contribution in [2.75, 3.05) is 0 Å². The minimum atomic E-state index is -1.54. The summed E-state index contributed by atoms with van der Waals surface area (Å²) in [4.78, 5) is 0. The molecule has 0 saturated heterocycles. The summed E-state index contributed by atoms with van der Waals surface area (Å²) in [6.07, 6.45) is 2.23. The van der Waals surface area contributed by atoms with E-state index in [2.05, 4.69) is 13.5 Å². The van der Waals surface area contributed by atoms with Gasteiger partial charge in [-0.2, -0.15) is 0 Å². The molecular formula is C12H17FSi. The van der Waals surface area contributed by atoms with Crippen LogP contribution < -0.4 is 5.19 Å². The Morgan fingerprint density at radius 3 is 2.50 bits per heavy atom. The number of hydrogen-bond donors (Lipinski definition) is 0. The topological polar surface area (TPSA) is 0 Å². The van der Waals surface area contributed by atoms with Crippen LogP contribution in [-0.2, 0) is 0 Å². The van der Waals surface area contributed by atoms with E-state index in [9.17, 15) is 4.39 Å². The van der Waals surface area contributed by atoms with Crippen molar-refractivity contribution < 1.29 is 4.39 Å². The van der Waals surface area contributed by atoms with Crippen molar-refractivity contribution in [3.05, 3.63) is 42.4 Å². The molecule has 0 amide bonds. The molecule has 0 aliphatic carbocycles. The van der Waals surface area contributed by atoms with Gasteiger partial charge in [-0.25, -0.2) is 4.39 Å². The zero-order chi connectivity index (χ0) is 10.4. The van der Waals surface area contributed by atoms with Crippen molar-refractivity contribution in [3.63, 3.8) is 0 Å². The number of unbranched alkanes of at least 4 members (excludes halogenated alkanes) is 1. The molecule has 0 aliphatic heterocycles. The predicted octanol–water partition coefficient (Wildman–Crippen LogP) is 2.94. The van der Waals surface area contributed by atoms with Crippen LogP contribution in [0.25, 0.3) is 0 Å².